The summed E-state index contributed by atoms with van der Waals surface area (Å²) in [6.07, 6.45) is 7.85. The molecule has 2 N–H and O–H groups in total. The lowest BCUT2D eigenvalue weighted by Crippen LogP contribution is -2.21. The summed E-state index contributed by atoms with van der Waals surface area (Å²) in [6, 6.07) is 4.39. The number of aryl methyl sites for hydroxylation is 1. The van der Waals surface area contributed by atoms with E-state index in [1.54, 1.807) is 14.2 Å². The molecule has 0 fully saturated rings. The first-order valence-electron chi connectivity index (χ1n) is 8.15. The van der Waals surface area contributed by atoms with Crippen molar-refractivity contribution in [1.29, 1.82) is 0 Å². The number of benzene rings is 1. The molecule has 1 atom stereocenters. The fourth-order valence-corrected chi connectivity index (χ4v) is 2.55. The van der Waals surface area contributed by atoms with Gasteiger partial charge in [0.1, 0.15) is 11.5 Å². The van der Waals surface area contributed by atoms with E-state index in [1.807, 2.05) is 0 Å². The van der Waals surface area contributed by atoms with Crippen LogP contribution in [0.1, 0.15) is 57.1 Å². The normalized spacial score (nSPS) is 12.2. The molecule has 0 bridgehead atoms. The molecule has 21 heavy (non-hydrogen) atoms. The van der Waals surface area contributed by atoms with Crippen molar-refractivity contribution < 1.29 is 9.47 Å². The summed E-state index contributed by atoms with van der Waals surface area (Å²) in [6.45, 7) is 4.34. The van der Waals surface area contributed by atoms with Crippen molar-refractivity contribution >= 4 is 0 Å². The van der Waals surface area contributed by atoms with E-state index in [2.05, 4.69) is 26.0 Å². The first-order chi connectivity index (χ1) is 10.2. The highest BCUT2D eigenvalue weighted by atomic mass is 16.5. The topological polar surface area (TPSA) is 44.5 Å². The predicted octanol–water partition coefficient (Wildman–Crippen LogP) is 4.11. The number of unbranched alkanes of at least 4 members (excludes halogenated alkanes) is 3. The van der Waals surface area contributed by atoms with Gasteiger partial charge in [-0.15, -0.1) is 0 Å². The van der Waals surface area contributed by atoms with Crippen molar-refractivity contribution in [2.45, 2.75) is 64.8 Å². The van der Waals surface area contributed by atoms with Gasteiger partial charge >= 0.3 is 0 Å². The highest BCUT2D eigenvalue weighted by Gasteiger charge is 2.13. The lowest BCUT2D eigenvalue weighted by molar-refractivity contribution is 0.392. The summed E-state index contributed by atoms with van der Waals surface area (Å²) in [5, 5.41) is 0. The van der Waals surface area contributed by atoms with Crippen LogP contribution in [-0.4, -0.2) is 20.3 Å². The quantitative estimate of drug-likeness (QED) is 0.660. The van der Waals surface area contributed by atoms with E-state index in [-0.39, 0.29) is 6.04 Å². The van der Waals surface area contributed by atoms with Gasteiger partial charge in [-0.1, -0.05) is 33.1 Å². The van der Waals surface area contributed by atoms with Gasteiger partial charge in [-0.2, -0.15) is 0 Å². The molecule has 1 aromatic carbocycles. The Morgan fingerprint density at radius 2 is 1.57 bits per heavy atom. The first kappa shape index (κ1) is 17.8. The highest BCUT2D eigenvalue weighted by molar-refractivity contribution is 5.47. The second-order valence-corrected chi connectivity index (χ2v) is 5.66. The first-order valence-corrected chi connectivity index (χ1v) is 8.15. The number of nitrogens with two attached hydrogens (primary N) is 1. The molecule has 0 saturated carbocycles. The molecule has 3 nitrogen and oxygen atoms in total. The molecular weight excluding hydrogens is 262 g/mol. The molecular formula is C18H31NO2. The van der Waals surface area contributed by atoms with E-state index in [9.17, 15) is 0 Å². The lowest BCUT2D eigenvalue weighted by atomic mass is 9.98. The van der Waals surface area contributed by atoms with Gasteiger partial charge in [-0.3, -0.25) is 0 Å². The summed E-state index contributed by atoms with van der Waals surface area (Å²) in [4.78, 5) is 0. The standard InChI is InChI=1S/C18H31NO2/c1-5-7-8-9-10-14-12-18(21-4)15(11-16(19)6-2)13-17(14)20-3/h12-13,16H,5-11,19H2,1-4H3/t16-/m0/s1. The maximum absolute atomic E-state index is 6.08. The summed E-state index contributed by atoms with van der Waals surface area (Å²) in [5.74, 6) is 1.90. The van der Waals surface area contributed by atoms with Gasteiger partial charge in [0.05, 0.1) is 14.2 Å². The Labute approximate surface area is 129 Å². The van der Waals surface area contributed by atoms with E-state index in [0.29, 0.717) is 0 Å². The molecule has 120 valence electrons. The van der Waals surface area contributed by atoms with Gasteiger partial charge < -0.3 is 15.2 Å². The molecule has 1 aromatic rings. The van der Waals surface area contributed by atoms with Crippen LogP contribution in [0.3, 0.4) is 0 Å². The molecule has 0 heterocycles. The molecule has 1 rings (SSSR count). The number of hydrogen-bond acceptors (Lipinski definition) is 3. The third kappa shape index (κ3) is 5.58. The van der Waals surface area contributed by atoms with Crippen LogP contribution in [0.4, 0.5) is 0 Å². The monoisotopic (exact) mass is 293 g/mol. The number of hydrogen-bond donors (Lipinski definition) is 1. The average Bonchev–Trinajstić information content (AvgIpc) is 2.51. The largest absolute Gasteiger partial charge is 0.496 e. The molecule has 0 radical (unpaired) electrons. The Balaban J connectivity index is 2.88. The van der Waals surface area contributed by atoms with E-state index < -0.39 is 0 Å². The van der Waals surface area contributed by atoms with Gasteiger partial charge in [0, 0.05) is 6.04 Å². The van der Waals surface area contributed by atoms with Crippen LogP contribution in [0.25, 0.3) is 0 Å². The van der Waals surface area contributed by atoms with Gasteiger partial charge in [0.15, 0.2) is 0 Å². The maximum Gasteiger partial charge on any atom is 0.122 e. The van der Waals surface area contributed by atoms with E-state index in [1.165, 1.54) is 31.2 Å². The van der Waals surface area contributed by atoms with Gasteiger partial charge in [0.2, 0.25) is 0 Å². The maximum atomic E-state index is 6.08. The number of rotatable bonds is 10. The zero-order valence-electron chi connectivity index (χ0n) is 14.1. The van der Waals surface area contributed by atoms with Crippen molar-refractivity contribution in [1.82, 2.24) is 0 Å². The molecule has 0 amide bonds. The minimum atomic E-state index is 0.166. The van der Waals surface area contributed by atoms with E-state index in [0.717, 1.165) is 36.3 Å². The third-order valence-corrected chi connectivity index (χ3v) is 3.99. The average molecular weight is 293 g/mol. The summed E-state index contributed by atoms with van der Waals surface area (Å²) >= 11 is 0. The minimum Gasteiger partial charge on any atom is -0.496 e. The van der Waals surface area contributed by atoms with E-state index in [4.69, 9.17) is 15.2 Å². The van der Waals surface area contributed by atoms with Gasteiger partial charge in [-0.05, 0) is 48.9 Å². The smallest absolute Gasteiger partial charge is 0.122 e. The van der Waals surface area contributed by atoms with Crippen LogP contribution in [0.5, 0.6) is 11.5 Å². The Hall–Kier alpha value is -1.22. The minimum absolute atomic E-state index is 0.166. The SMILES string of the molecule is CCCCCCc1cc(OC)c(C[C@@H](N)CC)cc1OC. The summed E-state index contributed by atoms with van der Waals surface area (Å²) in [5.41, 5.74) is 8.45. The Morgan fingerprint density at radius 3 is 2.14 bits per heavy atom. The zero-order valence-corrected chi connectivity index (χ0v) is 14.1. The zero-order chi connectivity index (χ0) is 15.7. The Kier molecular flexibility index (Phi) is 8.21. The second kappa shape index (κ2) is 9.67. The fraction of sp³-hybridized carbons (Fsp3) is 0.667. The molecule has 0 aromatic heterocycles. The van der Waals surface area contributed by atoms with Crippen LogP contribution in [0.2, 0.25) is 0 Å². The van der Waals surface area contributed by atoms with E-state index >= 15 is 0 Å². The molecule has 0 aliphatic rings. The molecule has 0 saturated heterocycles. The molecule has 0 spiro atoms. The Bertz CT molecular complexity index is 418. The third-order valence-electron chi connectivity index (χ3n) is 3.99. The lowest BCUT2D eigenvalue weighted by Gasteiger charge is -2.17. The molecule has 0 aliphatic heterocycles. The molecule has 0 aliphatic carbocycles. The van der Waals surface area contributed by atoms with Crippen LogP contribution in [0.15, 0.2) is 12.1 Å². The van der Waals surface area contributed by atoms with Crippen molar-refractivity contribution in [2.75, 3.05) is 14.2 Å². The van der Waals surface area contributed by atoms with Crippen LogP contribution >= 0.6 is 0 Å². The highest BCUT2D eigenvalue weighted by Crippen LogP contribution is 2.31. The van der Waals surface area contributed by atoms with Crippen LogP contribution in [-0.2, 0) is 12.8 Å². The van der Waals surface area contributed by atoms with Crippen LogP contribution in [0, 0.1) is 0 Å². The van der Waals surface area contributed by atoms with Crippen molar-refractivity contribution in [3.05, 3.63) is 23.3 Å². The van der Waals surface area contributed by atoms with Gasteiger partial charge in [0.25, 0.3) is 0 Å². The summed E-state index contributed by atoms with van der Waals surface area (Å²) in [7, 11) is 3.46. The molecule has 3 heteroatoms. The van der Waals surface area contributed by atoms with Crippen LogP contribution < -0.4 is 15.2 Å². The Morgan fingerprint density at radius 1 is 0.952 bits per heavy atom. The predicted molar refractivity (Wildman–Crippen MR) is 89.4 cm³/mol. The summed E-state index contributed by atoms with van der Waals surface area (Å²) < 4.78 is 11.1. The van der Waals surface area contributed by atoms with Crippen molar-refractivity contribution in [3.63, 3.8) is 0 Å². The number of methoxy groups -OCH3 is 2. The second-order valence-electron chi connectivity index (χ2n) is 5.66. The van der Waals surface area contributed by atoms with Crippen molar-refractivity contribution in [3.8, 4) is 11.5 Å². The number of ether oxygens (including phenoxy) is 2. The fourth-order valence-electron chi connectivity index (χ4n) is 2.55. The van der Waals surface area contributed by atoms with Gasteiger partial charge in [-0.25, -0.2) is 0 Å². The van der Waals surface area contributed by atoms with Crippen molar-refractivity contribution in [2.24, 2.45) is 5.73 Å². The molecule has 0 unspecified atom stereocenters.